The summed E-state index contributed by atoms with van der Waals surface area (Å²) in [6.45, 7) is 5.00. The van der Waals surface area contributed by atoms with Crippen molar-refractivity contribution in [3.8, 4) is 0 Å². The van der Waals surface area contributed by atoms with Crippen molar-refractivity contribution in [1.29, 1.82) is 0 Å². The summed E-state index contributed by atoms with van der Waals surface area (Å²) < 4.78 is 28.0. The normalized spacial score (nSPS) is 17.4. The van der Waals surface area contributed by atoms with Crippen LogP contribution in [-0.2, 0) is 14.8 Å². The molecular formula is C21H25ClN2O3S. The van der Waals surface area contributed by atoms with E-state index in [-0.39, 0.29) is 17.3 Å². The average molecular weight is 421 g/mol. The number of hydrogen-bond acceptors (Lipinski definition) is 3. The van der Waals surface area contributed by atoms with E-state index < -0.39 is 10.0 Å². The molecule has 1 amide bonds. The Morgan fingerprint density at radius 1 is 1.21 bits per heavy atom. The number of piperidine rings is 1. The minimum atomic E-state index is -3.91. The van der Waals surface area contributed by atoms with Crippen LogP contribution in [0.25, 0.3) is 0 Å². The molecule has 5 nitrogen and oxygen atoms in total. The summed E-state index contributed by atoms with van der Waals surface area (Å²) in [5, 5.41) is 0.424. The average Bonchev–Trinajstić information content (AvgIpc) is 2.68. The Kier molecular flexibility index (Phi) is 6.30. The SMILES string of the molecule is Cc1ccc(Cl)cc1N(CC(=O)N1CCCC(C)C1)S(=O)(=O)c1ccccc1. The summed E-state index contributed by atoms with van der Waals surface area (Å²) in [5.41, 5.74) is 1.17. The number of aryl methyl sites for hydroxylation is 1. The molecule has 1 aliphatic heterocycles. The van der Waals surface area contributed by atoms with Gasteiger partial charge in [-0.1, -0.05) is 42.8 Å². The van der Waals surface area contributed by atoms with E-state index in [0.717, 1.165) is 18.4 Å². The number of carbonyl (C=O) groups is 1. The van der Waals surface area contributed by atoms with Gasteiger partial charge in [-0.05, 0) is 55.5 Å². The van der Waals surface area contributed by atoms with Crippen LogP contribution < -0.4 is 4.31 Å². The highest BCUT2D eigenvalue weighted by Crippen LogP contribution is 2.30. The molecule has 2 aromatic carbocycles. The summed E-state index contributed by atoms with van der Waals surface area (Å²) in [6, 6.07) is 13.2. The standard InChI is InChI=1S/C21H25ClN2O3S/c1-16-7-6-12-23(14-16)21(25)15-24(20-13-18(22)11-10-17(20)2)28(26,27)19-8-4-3-5-9-19/h3-5,8-11,13,16H,6-7,12,14-15H2,1-2H3. The van der Waals surface area contributed by atoms with Crippen molar-refractivity contribution in [3.05, 3.63) is 59.1 Å². The molecule has 1 atom stereocenters. The van der Waals surface area contributed by atoms with Crippen molar-refractivity contribution in [1.82, 2.24) is 4.90 Å². The summed E-state index contributed by atoms with van der Waals surface area (Å²) in [4.78, 5) is 14.9. The summed E-state index contributed by atoms with van der Waals surface area (Å²) in [6.07, 6.45) is 2.03. The third-order valence-electron chi connectivity index (χ3n) is 5.06. The Morgan fingerprint density at radius 2 is 1.93 bits per heavy atom. The minimum absolute atomic E-state index is 0.147. The summed E-state index contributed by atoms with van der Waals surface area (Å²) in [7, 11) is -3.91. The molecule has 0 bridgehead atoms. The molecule has 3 rings (SSSR count). The second-order valence-electron chi connectivity index (χ2n) is 7.34. The molecule has 0 saturated carbocycles. The topological polar surface area (TPSA) is 57.7 Å². The van der Waals surface area contributed by atoms with Gasteiger partial charge in [0.05, 0.1) is 10.6 Å². The Morgan fingerprint density at radius 3 is 2.61 bits per heavy atom. The number of amides is 1. The zero-order valence-corrected chi connectivity index (χ0v) is 17.7. The van der Waals surface area contributed by atoms with Gasteiger partial charge in [0.1, 0.15) is 6.54 Å². The maximum atomic E-state index is 13.4. The van der Waals surface area contributed by atoms with Crippen molar-refractivity contribution in [2.75, 3.05) is 23.9 Å². The van der Waals surface area contributed by atoms with Crippen molar-refractivity contribution < 1.29 is 13.2 Å². The lowest BCUT2D eigenvalue weighted by molar-refractivity contribution is -0.131. The van der Waals surface area contributed by atoms with Gasteiger partial charge in [-0.25, -0.2) is 8.42 Å². The number of carbonyl (C=O) groups excluding carboxylic acids is 1. The molecule has 28 heavy (non-hydrogen) atoms. The molecule has 1 aliphatic rings. The number of nitrogens with zero attached hydrogens (tertiary/aromatic N) is 2. The number of rotatable bonds is 5. The van der Waals surface area contributed by atoms with E-state index in [1.165, 1.54) is 16.4 Å². The van der Waals surface area contributed by atoms with Crippen LogP contribution in [0.5, 0.6) is 0 Å². The molecular weight excluding hydrogens is 396 g/mol. The van der Waals surface area contributed by atoms with Gasteiger partial charge >= 0.3 is 0 Å². The molecule has 0 aromatic heterocycles. The molecule has 150 valence electrons. The van der Waals surface area contributed by atoms with E-state index in [1.807, 2.05) is 6.92 Å². The number of benzene rings is 2. The van der Waals surface area contributed by atoms with Crippen molar-refractivity contribution >= 4 is 33.2 Å². The van der Waals surface area contributed by atoms with E-state index in [9.17, 15) is 13.2 Å². The molecule has 1 fully saturated rings. The van der Waals surface area contributed by atoms with Crippen LogP contribution in [-0.4, -0.2) is 38.9 Å². The maximum absolute atomic E-state index is 13.4. The Balaban J connectivity index is 2.00. The fourth-order valence-corrected chi connectivity index (χ4v) is 5.17. The van der Waals surface area contributed by atoms with Gasteiger partial charge in [0.25, 0.3) is 10.0 Å². The second kappa shape index (κ2) is 8.53. The molecule has 0 radical (unpaired) electrons. The first-order valence-corrected chi connectivity index (χ1v) is 11.2. The zero-order valence-electron chi connectivity index (χ0n) is 16.1. The van der Waals surface area contributed by atoms with Crippen molar-refractivity contribution in [2.24, 2.45) is 5.92 Å². The molecule has 7 heteroatoms. The number of sulfonamides is 1. The van der Waals surface area contributed by atoms with Gasteiger partial charge < -0.3 is 4.90 Å². The van der Waals surface area contributed by atoms with E-state index in [4.69, 9.17) is 11.6 Å². The smallest absolute Gasteiger partial charge is 0.264 e. The fraction of sp³-hybridized carbons (Fsp3) is 0.381. The van der Waals surface area contributed by atoms with E-state index in [1.54, 1.807) is 41.3 Å². The van der Waals surface area contributed by atoms with Crippen LogP contribution in [0.4, 0.5) is 5.69 Å². The fourth-order valence-electron chi connectivity index (χ4n) is 3.51. The van der Waals surface area contributed by atoms with Crippen LogP contribution >= 0.6 is 11.6 Å². The summed E-state index contributed by atoms with van der Waals surface area (Å²) >= 11 is 6.14. The first-order valence-electron chi connectivity index (χ1n) is 9.41. The second-order valence-corrected chi connectivity index (χ2v) is 9.64. The minimum Gasteiger partial charge on any atom is -0.341 e. The third-order valence-corrected chi connectivity index (χ3v) is 7.07. The van der Waals surface area contributed by atoms with E-state index in [0.29, 0.717) is 29.7 Å². The van der Waals surface area contributed by atoms with E-state index in [2.05, 4.69) is 6.92 Å². The Hall–Kier alpha value is -2.05. The van der Waals surface area contributed by atoms with Gasteiger partial charge in [0.2, 0.25) is 5.91 Å². The largest absolute Gasteiger partial charge is 0.341 e. The molecule has 0 aliphatic carbocycles. The highest BCUT2D eigenvalue weighted by atomic mass is 35.5. The molecule has 0 N–H and O–H groups in total. The zero-order chi connectivity index (χ0) is 20.3. The van der Waals surface area contributed by atoms with Gasteiger partial charge in [-0.3, -0.25) is 9.10 Å². The summed E-state index contributed by atoms with van der Waals surface area (Å²) in [5.74, 6) is 0.232. The van der Waals surface area contributed by atoms with Gasteiger partial charge in [-0.15, -0.1) is 0 Å². The predicted molar refractivity (Wildman–Crippen MR) is 112 cm³/mol. The van der Waals surface area contributed by atoms with Crippen molar-refractivity contribution in [2.45, 2.75) is 31.6 Å². The van der Waals surface area contributed by atoms with Gasteiger partial charge in [0, 0.05) is 18.1 Å². The van der Waals surface area contributed by atoms with Crippen LogP contribution in [0.15, 0.2) is 53.4 Å². The monoisotopic (exact) mass is 420 g/mol. The lowest BCUT2D eigenvalue weighted by atomic mass is 10.0. The first kappa shape index (κ1) is 20.7. The Bertz CT molecular complexity index is 947. The maximum Gasteiger partial charge on any atom is 0.264 e. The third kappa shape index (κ3) is 4.50. The quantitative estimate of drug-likeness (QED) is 0.731. The Labute approximate surface area is 172 Å². The number of anilines is 1. The molecule has 1 heterocycles. The highest BCUT2D eigenvalue weighted by Gasteiger charge is 2.31. The molecule has 1 unspecified atom stereocenters. The molecule has 2 aromatic rings. The number of likely N-dealkylation sites (tertiary alicyclic amines) is 1. The lowest BCUT2D eigenvalue weighted by Gasteiger charge is -2.33. The van der Waals surface area contributed by atoms with Crippen LogP contribution in [0.1, 0.15) is 25.3 Å². The van der Waals surface area contributed by atoms with Crippen LogP contribution in [0.3, 0.4) is 0 Å². The highest BCUT2D eigenvalue weighted by molar-refractivity contribution is 7.92. The van der Waals surface area contributed by atoms with Crippen LogP contribution in [0.2, 0.25) is 5.02 Å². The molecule has 0 spiro atoms. The predicted octanol–water partition coefficient (Wildman–Crippen LogP) is 4.10. The lowest BCUT2D eigenvalue weighted by Crippen LogP contribution is -2.46. The first-order chi connectivity index (χ1) is 13.3. The van der Waals surface area contributed by atoms with Gasteiger partial charge in [-0.2, -0.15) is 0 Å². The van der Waals surface area contributed by atoms with E-state index >= 15 is 0 Å². The van der Waals surface area contributed by atoms with Crippen molar-refractivity contribution in [3.63, 3.8) is 0 Å². The number of halogens is 1. The van der Waals surface area contributed by atoms with Gasteiger partial charge in [0.15, 0.2) is 0 Å². The number of hydrogen-bond donors (Lipinski definition) is 0. The van der Waals surface area contributed by atoms with Crippen LogP contribution in [0, 0.1) is 12.8 Å². The molecule has 1 saturated heterocycles.